The van der Waals surface area contributed by atoms with Crippen molar-refractivity contribution in [1.29, 1.82) is 20.1 Å². The van der Waals surface area contributed by atoms with E-state index in [0.29, 0.717) is 118 Å². The second-order valence-electron chi connectivity index (χ2n) is 26.2. The van der Waals surface area contributed by atoms with E-state index in [4.69, 9.17) is 53.0 Å². The van der Waals surface area contributed by atoms with Crippen LogP contribution in [0.15, 0.2) is 115 Å². The molecule has 0 aliphatic carbocycles. The molecule has 4 bridgehead atoms. The Hall–Kier alpha value is -7.96. The van der Waals surface area contributed by atoms with Gasteiger partial charge >= 0.3 is 7.12 Å². The summed E-state index contributed by atoms with van der Waals surface area (Å²) in [6.07, 6.45) is 18.9. The van der Waals surface area contributed by atoms with E-state index in [1.54, 1.807) is 41.8 Å². The average molecular weight is 1380 g/mol. The lowest BCUT2D eigenvalue weighted by Gasteiger charge is -2.56. The molecule has 9 saturated heterocycles. The SMILES string of the molecule is COc1ccc(CN2C3CC2CN(c2ccc(-c4cc(OC5CCS(=N)(=O)CC5)cn5ncc(C#N)c45)cn2)C3)cn1.COc1ccc(CN2C3CC2CN(c2ccc(B4OC(C)(C)C(C)(C)O4)cn2)C3)cn1.N#Cc1cnn2cc(OC3CCS(=N)(=O)CC3)cc(Br)c12. The highest BCUT2D eigenvalue weighted by molar-refractivity contribution is 9.10. The Balaban J connectivity index is 0.000000136. The van der Waals surface area contributed by atoms with Crippen molar-refractivity contribution in [2.75, 3.05) is 73.2 Å². The quantitative estimate of drug-likeness (QED) is 0.0964. The van der Waals surface area contributed by atoms with Gasteiger partial charge in [0.15, 0.2) is 0 Å². The lowest BCUT2D eigenvalue weighted by molar-refractivity contribution is -0.00879. The molecule has 9 aliphatic rings. The summed E-state index contributed by atoms with van der Waals surface area (Å²) in [5.41, 5.74) is 6.81. The van der Waals surface area contributed by atoms with Crippen molar-refractivity contribution >= 4 is 70.6 Å². The van der Waals surface area contributed by atoms with E-state index in [2.05, 4.69) is 126 Å². The van der Waals surface area contributed by atoms with Crippen LogP contribution < -0.4 is 34.2 Å². The van der Waals surface area contributed by atoms with E-state index in [1.165, 1.54) is 30.2 Å². The molecule has 0 aromatic carbocycles. The number of pyridine rings is 6. The van der Waals surface area contributed by atoms with Gasteiger partial charge in [0.25, 0.3) is 0 Å². The summed E-state index contributed by atoms with van der Waals surface area (Å²) in [7, 11) is -1.97. The fourth-order valence-electron chi connectivity index (χ4n) is 13.4. The van der Waals surface area contributed by atoms with E-state index in [0.717, 1.165) is 72.0 Å². The lowest BCUT2D eigenvalue weighted by atomic mass is 9.80. The fourth-order valence-corrected chi connectivity index (χ4v) is 17.0. The van der Waals surface area contributed by atoms with Gasteiger partial charge in [-0.15, -0.1) is 0 Å². The summed E-state index contributed by atoms with van der Waals surface area (Å²) in [4.78, 5) is 28.2. The van der Waals surface area contributed by atoms with Crippen molar-refractivity contribution in [3.8, 4) is 46.5 Å². The van der Waals surface area contributed by atoms with Gasteiger partial charge < -0.3 is 38.1 Å². The van der Waals surface area contributed by atoms with Crippen LogP contribution in [0.5, 0.6) is 23.3 Å². The van der Waals surface area contributed by atoms with Gasteiger partial charge in [0.05, 0.1) is 72.4 Å². The number of nitrogens with zero attached hydrogens (tertiary/aromatic N) is 14. The number of nitriles is 2. The molecule has 24 nitrogen and oxygen atoms in total. The largest absolute Gasteiger partial charge is 0.496 e. The zero-order chi connectivity index (χ0) is 65.7. The zero-order valence-corrected chi connectivity index (χ0v) is 56.7. The molecule has 0 radical (unpaired) electrons. The third kappa shape index (κ3) is 13.8. The third-order valence-corrected chi connectivity index (χ3v) is 23.7. The number of nitrogens with one attached hydrogen (secondary N) is 2. The van der Waals surface area contributed by atoms with Gasteiger partial charge in [0.2, 0.25) is 11.8 Å². The van der Waals surface area contributed by atoms with Crippen molar-refractivity contribution in [2.24, 2.45) is 0 Å². The molecule has 8 aromatic heterocycles. The Morgan fingerprint density at radius 2 is 1.06 bits per heavy atom. The highest BCUT2D eigenvalue weighted by Crippen LogP contribution is 2.40. The van der Waals surface area contributed by atoms with Crippen LogP contribution in [0.4, 0.5) is 11.6 Å². The van der Waals surface area contributed by atoms with Crippen LogP contribution in [0.3, 0.4) is 0 Å². The Morgan fingerprint density at radius 3 is 1.49 bits per heavy atom. The number of rotatable bonds is 14. The monoisotopic (exact) mass is 1370 g/mol. The number of hydrogen-bond acceptors (Lipinski definition) is 22. The summed E-state index contributed by atoms with van der Waals surface area (Å²) in [5.74, 6) is 6.02. The van der Waals surface area contributed by atoms with E-state index in [-0.39, 0.29) is 30.5 Å². The first-order valence-corrected chi connectivity index (χ1v) is 36.3. The number of anilines is 2. The van der Waals surface area contributed by atoms with Gasteiger partial charge in [-0.1, -0.05) is 18.2 Å². The zero-order valence-electron chi connectivity index (χ0n) is 53.5. The summed E-state index contributed by atoms with van der Waals surface area (Å²) < 4.78 is 78.0. The highest BCUT2D eigenvalue weighted by atomic mass is 79.9. The second kappa shape index (κ2) is 26.3. The molecule has 8 aromatic rings. The van der Waals surface area contributed by atoms with Crippen LogP contribution >= 0.6 is 15.9 Å². The van der Waals surface area contributed by atoms with Crippen molar-refractivity contribution in [1.82, 2.24) is 49.0 Å². The van der Waals surface area contributed by atoms with Gasteiger partial charge in [-0.25, -0.2) is 37.4 Å². The molecule has 0 amide bonds. The molecule has 28 heteroatoms. The van der Waals surface area contributed by atoms with E-state index in [9.17, 15) is 13.7 Å². The Kier molecular flexibility index (Phi) is 18.1. The minimum Gasteiger partial charge on any atom is -0.489 e. The summed E-state index contributed by atoms with van der Waals surface area (Å²) >= 11 is 3.43. The third-order valence-electron chi connectivity index (χ3n) is 19.5. The highest BCUT2D eigenvalue weighted by Gasteiger charge is 2.52. The maximum atomic E-state index is 12.1. The topological polar surface area (TPSA) is 284 Å². The maximum absolute atomic E-state index is 12.1. The molecular formula is C66H76BBrN16O8S2. The summed E-state index contributed by atoms with van der Waals surface area (Å²) in [5, 5.41) is 27.3. The molecule has 17 rings (SSSR count). The van der Waals surface area contributed by atoms with E-state index < -0.39 is 19.5 Å². The normalized spacial score (nSPS) is 25.9. The first-order chi connectivity index (χ1) is 45.1. The van der Waals surface area contributed by atoms with Crippen LogP contribution in [0.2, 0.25) is 0 Å². The van der Waals surface area contributed by atoms with Gasteiger partial charge in [-0.3, -0.25) is 19.4 Å². The summed E-state index contributed by atoms with van der Waals surface area (Å²) in [6, 6.07) is 26.5. The number of methoxy groups -OCH3 is 2. The van der Waals surface area contributed by atoms with Crippen LogP contribution in [0.1, 0.15) is 88.5 Å². The number of piperazine rings is 2. The molecule has 490 valence electrons. The van der Waals surface area contributed by atoms with Gasteiger partial charge in [-0.05, 0) is 124 Å². The van der Waals surface area contributed by atoms with E-state index in [1.807, 2.05) is 55.1 Å². The predicted octanol–water partition coefficient (Wildman–Crippen LogP) is 8.53. The minimum atomic E-state index is -2.48. The lowest BCUT2D eigenvalue weighted by Crippen LogP contribution is -2.68. The van der Waals surface area contributed by atoms with Crippen LogP contribution in [0.25, 0.3) is 22.2 Å². The number of aromatic nitrogens is 8. The Morgan fingerprint density at radius 1 is 0.606 bits per heavy atom. The average Bonchev–Trinajstić information content (AvgIpc) is 0.938. The number of ether oxygens (including phenoxy) is 4. The molecule has 9 aliphatic heterocycles. The maximum Gasteiger partial charge on any atom is 0.496 e. The first-order valence-electron chi connectivity index (χ1n) is 31.7. The Labute approximate surface area is 556 Å². The molecule has 9 fully saturated rings. The first kappa shape index (κ1) is 64.7. The molecule has 0 spiro atoms. The second-order valence-corrected chi connectivity index (χ2v) is 32.0. The van der Waals surface area contributed by atoms with Crippen molar-refractivity contribution in [3.05, 3.63) is 137 Å². The molecule has 4 unspecified atom stereocenters. The standard InChI is InChI=1S/C30H32N8O3S.C23H31BN4O3.C13H13BrN4O2S/c1-40-29-5-2-20(13-34-29)16-37-23-10-24(37)18-36(17-23)28-4-3-21(14-33-28)27-11-26(19-38-30(27)22(12-31)15-35-38)41-25-6-8-42(32,39)9-7-25;1-22(2)23(3,4)31-24(30-22)17-7-8-20(25-12-17)27-14-18-10-19(15-27)28(18)13-16-6-9-21(29-5)26-11-16;14-12-5-11(8-18-13(12)9(6-15)7-17-18)20-10-1-3-21(16,19)4-2-10/h2-5,11,13-15,19,23-25,32H,6-10,16-18H2,1H3;6-9,11-12,18-19H,10,13-15H2,1-5H3;5,7-8,10,16H,1-4H2. The van der Waals surface area contributed by atoms with Gasteiger partial charge in [0.1, 0.15) is 47.5 Å². The molecule has 2 N–H and O–H groups in total. The number of fused-ring (bicyclic) bond motifs is 6. The molecule has 4 atom stereocenters. The molecule has 0 saturated carbocycles. The van der Waals surface area contributed by atoms with Crippen molar-refractivity contribution in [2.45, 2.75) is 127 Å². The van der Waals surface area contributed by atoms with Crippen molar-refractivity contribution in [3.63, 3.8) is 0 Å². The predicted molar refractivity (Wildman–Crippen MR) is 361 cm³/mol. The fraction of sp³-hybridized carbons (Fsp3) is 0.455. The molecular weight excluding hydrogens is 1300 g/mol. The number of halogens is 1. The minimum absolute atomic E-state index is 0.0275. The van der Waals surface area contributed by atoms with Crippen LogP contribution in [-0.2, 0) is 41.9 Å². The number of hydrogen-bond donors (Lipinski definition) is 2. The number of piperidine rings is 2. The van der Waals surface area contributed by atoms with Gasteiger partial charge in [-0.2, -0.15) is 20.7 Å². The molecule has 17 heterocycles. The smallest absolute Gasteiger partial charge is 0.489 e. The van der Waals surface area contributed by atoms with Crippen LogP contribution in [-0.4, -0.2) is 175 Å². The van der Waals surface area contributed by atoms with Crippen molar-refractivity contribution < 1.29 is 36.7 Å². The van der Waals surface area contributed by atoms with E-state index >= 15 is 0 Å². The Bertz CT molecular complexity index is 4330. The summed E-state index contributed by atoms with van der Waals surface area (Å²) in [6.45, 7) is 14.0. The molecule has 94 heavy (non-hydrogen) atoms. The van der Waals surface area contributed by atoms with Gasteiger partial charge in [0, 0.05) is 164 Å². The van der Waals surface area contributed by atoms with Crippen LogP contribution in [0, 0.1) is 32.2 Å².